The fourth-order valence-corrected chi connectivity index (χ4v) is 4.52. The molecular formula is C49H81N3O9. The smallest absolute Gasteiger partial charge is 0.278 e. The summed E-state index contributed by atoms with van der Waals surface area (Å²) in [5.41, 5.74) is 7.17. The number of nitrogens with one attached hydrogen (secondary N) is 1. The largest absolute Gasteiger partial charge is 0.550 e. The summed E-state index contributed by atoms with van der Waals surface area (Å²) in [4.78, 5) is 32.1. The Kier molecular flexibility index (Phi) is 46.5. The highest BCUT2D eigenvalue weighted by Gasteiger charge is 2.17. The van der Waals surface area contributed by atoms with Crippen LogP contribution in [0.25, 0.3) is 0 Å². The van der Waals surface area contributed by atoms with E-state index in [9.17, 15) is 45.0 Å². The van der Waals surface area contributed by atoms with Gasteiger partial charge in [-0.05, 0) is 90.4 Å². The molecule has 0 fully saturated rings. The predicted molar refractivity (Wildman–Crippen MR) is 244 cm³/mol. The average Bonchev–Trinajstić information content (AvgIpc) is 3.23. The van der Waals surface area contributed by atoms with Gasteiger partial charge in [0.25, 0.3) is 5.91 Å². The number of carboxylic acid groups (broad SMARTS) is 2. The normalized spacial score (nSPS) is 15.4. The fourth-order valence-electron chi connectivity index (χ4n) is 4.52. The molecule has 6 atom stereocenters. The molecule has 0 saturated carbocycles. The number of quaternary nitrogens is 2. The summed E-state index contributed by atoms with van der Waals surface area (Å²) in [6.07, 6.45) is 47.7. The maximum Gasteiger partial charge on any atom is 0.278 e. The van der Waals surface area contributed by atoms with Crippen LogP contribution < -0.4 is 27.0 Å². The lowest BCUT2D eigenvalue weighted by Gasteiger charge is -2.19. The predicted octanol–water partition coefficient (Wildman–Crippen LogP) is 3.73. The second-order valence-electron chi connectivity index (χ2n) is 14.3. The summed E-state index contributed by atoms with van der Waals surface area (Å²) >= 11 is 0. The number of aliphatic hydroxyl groups is 4. The van der Waals surface area contributed by atoms with E-state index in [1.165, 1.54) is 0 Å². The first-order valence-corrected chi connectivity index (χ1v) is 21.9. The van der Waals surface area contributed by atoms with Gasteiger partial charge in [0.15, 0.2) is 6.04 Å². The Morgan fingerprint density at radius 1 is 0.557 bits per heavy atom. The van der Waals surface area contributed by atoms with Crippen molar-refractivity contribution in [3.63, 3.8) is 0 Å². The van der Waals surface area contributed by atoms with E-state index >= 15 is 0 Å². The van der Waals surface area contributed by atoms with Crippen LogP contribution in [0.2, 0.25) is 0 Å². The molecule has 346 valence electrons. The first-order chi connectivity index (χ1) is 29.2. The van der Waals surface area contributed by atoms with Gasteiger partial charge in [0, 0.05) is 5.97 Å². The Morgan fingerprint density at radius 3 is 1.28 bits per heavy atom. The van der Waals surface area contributed by atoms with Crippen molar-refractivity contribution in [3.8, 4) is 0 Å². The van der Waals surface area contributed by atoms with Crippen molar-refractivity contribution in [1.29, 1.82) is 0 Å². The number of carboxylic acids is 2. The molecule has 0 bridgehead atoms. The first kappa shape index (κ1) is 60.9. The summed E-state index contributed by atoms with van der Waals surface area (Å²) in [7, 11) is 0. The average molecular weight is 856 g/mol. The molecule has 61 heavy (non-hydrogen) atoms. The number of carbonyl (C=O) groups is 3. The number of aliphatic hydroxyl groups excluding tert-OH is 4. The Balaban J connectivity index is -0.000000849. The van der Waals surface area contributed by atoms with Gasteiger partial charge in [-0.2, -0.15) is 0 Å². The highest BCUT2D eigenvalue weighted by molar-refractivity contribution is 5.84. The van der Waals surface area contributed by atoms with E-state index in [1.807, 2.05) is 74.6 Å². The molecule has 1 amide bonds. The number of hydrogen-bond donors (Lipinski definition) is 7. The molecule has 0 aromatic carbocycles. The van der Waals surface area contributed by atoms with Crippen molar-refractivity contribution in [2.24, 2.45) is 0 Å². The van der Waals surface area contributed by atoms with E-state index in [1.54, 1.807) is 31.2 Å². The van der Waals surface area contributed by atoms with Gasteiger partial charge in [0.05, 0.1) is 43.0 Å². The molecule has 0 radical (unpaired) electrons. The minimum Gasteiger partial charge on any atom is -0.550 e. The van der Waals surface area contributed by atoms with Gasteiger partial charge in [0.1, 0.15) is 0 Å². The Labute approximate surface area is 367 Å². The number of rotatable bonds is 32. The summed E-state index contributed by atoms with van der Waals surface area (Å²) < 4.78 is 0. The second kappa shape index (κ2) is 46.6. The zero-order valence-corrected chi connectivity index (χ0v) is 37.6. The lowest BCUT2D eigenvalue weighted by Crippen LogP contribution is -2.67. The van der Waals surface area contributed by atoms with Crippen LogP contribution in [0.1, 0.15) is 124 Å². The van der Waals surface area contributed by atoms with Gasteiger partial charge in [-0.1, -0.05) is 155 Å². The molecule has 0 aliphatic carbocycles. The van der Waals surface area contributed by atoms with Crippen molar-refractivity contribution in [2.75, 3.05) is 6.54 Å². The van der Waals surface area contributed by atoms with Crippen LogP contribution in [0, 0.1) is 0 Å². The topological polar surface area (TPSA) is 246 Å². The van der Waals surface area contributed by atoms with E-state index < -0.39 is 30.1 Å². The lowest BCUT2D eigenvalue weighted by atomic mass is 10.1. The SMILES string of the molecule is CCCC[C@H](O)/C=C/C=C\C/C=C\C/C=C\C=C\[C@H](O)CC.CC[C@@H](O)/C=C/C=C\C/C=C\C/C=C\C=C\[C@@H](O)CCCC(=O)[O-].C[C@H]([NH3+])C(=O)N[C@@H](CCCC[NH3+])C(=O)[O-]. The number of allylic oxidation sites excluding steroid dienone is 16. The number of hydrogen-bond acceptors (Lipinski definition) is 9. The molecule has 0 unspecified atom stereocenters. The van der Waals surface area contributed by atoms with Crippen molar-refractivity contribution >= 4 is 17.8 Å². The van der Waals surface area contributed by atoms with Gasteiger partial charge < -0.3 is 57.0 Å². The minimum absolute atomic E-state index is 0.0189. The molecule has 12 heteroatoms. The molecule has 0 aromatic rings. The third kappa shape index (κ3) is 49.8. The number of carbonyl (C=O) groups excluding carboxylic acids is 3. The standard InChI is InChI=1S/C20H30O4.C20H32O2.C9H19N3O3/c1-2-18(21)14-11-9-7-5-3-4-6-8-10-12-15-19(22)16-13-17-20(23)24;1-3-5-16-20(22)18-15-13-11-9-7-6-8-10-12-14-17-19(21)4-2;1-6(11)8(13)12-7(9(14)15)4-2-3-5-10/h3-4,7-12,14-15,18-19,21-22H,2,5-6,13,16-17H2,1H3,(H,23,24);6-7,10-15,17-22H,3-5,8-9,16H2,1-2H3;6-7H,2-5,10-11H2,1H3,(H,12,13)(H,14,15)/b4-3-,9-7-,10-8-,14-11+,15-12+;7-6-,12-10-,13-11-,17-14+,18-15+;/t18-,19-;19-,20+;6-,7-/m110/s1. The van der Waals surface area contributed by atoms with Crippen molar-refractivity contribution < 1.29 is 56.5 Å². The maximum atomic E-state index is 11.2. The van der Waals surface area contributed by atoms with Gasteiger partial charge in [-0.15, -0.1) is 0 Å². The number of amides is 1. The van der Waals surface area contributed by atoms with Crippen LogP contribution in [0.3, 0.4) is 0 Å². The zero-order valence-electron chi connectivity index (χ0n) is 37.6. The maximum absolute atomic E-state index is 11.2. The van der Waals surface area contributed by atoms with Crippen LogP contribution in [0.15, 0.2) is 122 Å². The molecule has 0 rings (SSSR count). The lowest BCUT2D eigenvalue weighted by molar-refractivity contribution is -0.398. The molecule has 12 nitrogen and oxygen atoms in total. The summed E-state index contributed by atoms with van der Waals surface area (Å²) in [6, 6.07) is -1.37. The quantitative estimate of drug-likeness (QED) is 0.0296. The Morgan fingerprint density at radius 2 is 0.951 bits per heavy atom. The van der Waals surface area contributed by atoms with Gasteiger partial charge in [-0.3, -0.25) is 4.79 Å². The van der Waals surface area contributed by atoms with Gasteiger partial charge in [-0.25, -0.2) is 0 Å². The van der Waals surface area contributed by atoms with Gasteiger partial charge >= 0.3 is 0 Å². The summed E-state index contributed by atoms with van der Waals surface area (Å²) in [5.74, 6) is -2.69. The third-order valence-corrected chi connectivity index (χ3v) is 8.36. The van der Waals surface area contributed by atoms with Crippen LogP contribution in [0.5, 0.6) is 0 Å². The van der Waals surface area contributed by atoms with E-state index in [-0.39, 0.29) is 30.6 Å². The number of unbranched alkanes of at least 4 members (excludes halogenated alkanes) is 2. The molecule has 11 N–H and O–H groups in total. The van der Waals surface area contributed by atoms with Crippen LogP contribution in [0.4, 0.5) is 0 Å². The second-order valence-corrected chi connectivity index (χ2v) is 14.3. The molecule has 0 aromatic heterocycles. The Hall–Kier alpha value is -4.43. The fraction of sp³-hybridized carbons (Fsp3) is 0.531. The molecule has 0 heterocycles. The van der Waals surface area contributed by atoms with E-state index in [4.69, 9.17) is 0 Å². The van der Waals surface area contributed by atoms with Gasteiger partial charge in [0.2, 0.25) is 0 Å². The van der Waals surface area contributed by atoms with Crippen molar-refractivity contribution in [2.45, 2.75) is 161 Å². The van der Waals surface area contributed by atoms with E-state index in [0.717, 1.165) is 70.8 Å². The molecule has 0 spiro atoms. The molecule has 0 aliphatic heterocycles. The van der Waals surface area contributed by atoms with Crippen molar-refractivity contribution in [1.82, 2.24) is 5.32 Å². The zero-order chi connectivity index (χ0) is 46.4. The summed E-state index contributed by atoms with van der Waals surface area (Å²) in [5, 5.41) is 61.1. The minimum atomic E-state index is -1.24. The molecular weight excluding hydrogens is 775 g/mol. The molecule has 0 aliphatic rings. The molecule has 0 saturated heterocycles. The van der Waals surface area contributed by atoms with Crippen molar-refractivity contribution in [3.05, 3.63) is 122 Å². The first-order valence-electron chi connectivity index (χ1n) is 21.9. The number of aliphatic carboxylic acids is 2. The van der Waals surface area contributed by atoms with E-state index in [2.05, 4.69) is 60.2 Å². The van der Waals surface area contributed by atoms with Crippen LogP contribution in [-0.4, -0.2) is 81.3 Å². The van der Waals surface area contributed by atoms with Crippen LogP contribution >= 0.6 is 0 Å². The highest BCUT2D eigenvalue weighted by atomic mass is 16.4. The monoisotopic (exact) mass is 856 g/mol. The van der Waals surface area contributed by atoms with E-state index in [0.29, 0.717) is 25.7 Å². The third-order valence-electron chi connectivity index (χ3n) is 8.36. The van der Waals surface area contributed by atoms with Crippen LogP contribution in [-0.2, 0) is 14.4 Å². The Bertz CT molecular complexity index is 1380. The summed E-state index contributed by atoms with van der Waals surface area (Å²) in [6.45, 7) is 8.39. The highest BCUT2D eigenvalue weighted by Crippen LogP contribution is 2.04.